The molecule has 0 bridgehead atoms. The fourth-order valence-corrected chi connectivity index (χ4v) is 1.32. The van der Waals surface area contributed by atoms with Gasteiger partial charge in [-0.25, -0.2) is 4.98 Å². The summed E-state index contributed by atoms with van der Waals surface area (Å²) >= 11 is 0. The average molecular weight is 217 g/mol. The number of aryl methyl sites for hydroxylation is 1. The van der Waals surface area contributed by atoms with Crippen LogP contribution in [0.3, 0.4) is 0 Å². The minimum Gasteiger partial charge on any atom is -0.354 e. The van der Waals surface area contributed by atoms with Gasteiger partial charge in [0.1, 0.15) is 5.82 Å². The second kappa shape index (κ2) is 4.09. The second-order valence-electron chi connectivity index (χ2n) is 3.20. The van der Waals surface area contributed by atoms with E-state index >= 15 is 0 Å². The van der Waals surface area contributed by atoms with Crippen molar-refractivity contribution in [2.75, 3.05) is 7.05 Å². The van der Waals surface area contributed by atoms with E-state index in [-0.39, 0.29) is 5.91 Å². The van der Waals surface area contributed by atoms with E-state index in [2.05, 4.69) is 20.5 Å². The molecule has 0 atom stereocenters. The molecule has 0 aliphatic heterocycles. The molecule has 2 aromatic rings. The van der Waals surface area contributed by atoms with Crippen LogP contribution in [-0.2, 0) is 0 Å². The van der Waals surface area contributed by atoms with E-state index in [1.165, 1.54) is 0 Å². The molecule has 0 aliphatic carbocycles. The van der Waals surface area contributed by atoms with Gasteiger partial charge in [0.15, 0.2) is 11.5 Å². The highest BCUT2D eigenvalue weighted by molar-refractivity contribution is 5.91. The molecule has 82 valence electrons. The van der Waals surface area contributed by atoms with E-state index < -0.39 is 0 Å². The van der Waals surface area contributed by atoms with Crippen LogP contribution in [0.2, 0.25) is 0 Å². The molecule has 0 fully saturated rings. The van der Waals surface area contributed by atoms with Crippen LogP contribution in [0.1, 0.15) is 16.3 Å². The SMILES string of the molecule is CNC(=O)c1ccc(-n2ccnc2C)nn1. The first kappa shape index (κ1) is 10.3. The molecular weight excluding hydrogens is 206 g/mol. The van der Waals surface area contributed by atoms with Gasteiger partial charge < -0.3 is 5.32 Å². The summed E-state index contributed by atoms with van der Waals surface area (Å²) in [6, 6.07) is 3.35. The molecule has 16 heavy (non-hydrogen) atoms. The van der Waals surface area contributed by atoms with Crippen LogP contribution in [0.25, 0.3) is 5.82 Å². The Balaban J connectivity index is 2.33. The third-order valence-electron chi connectivity index (χ3n) is 2.18. The van der Waals surface area contributed by atoms with Gasteiger partial charge >= 0.3 is 0 Å². The summed E-state index contributed by atoms with van der Waals surface area (Å²) in [5.74, 6) is 1.21. The van der Waals surface area contributed by atoms with Crippen LogP contribution >= 0.6 is 0 Å². The molecular formula is C10H11N5O. The molecule has 0 aromatic carbocycles. The molecule has 0 unspecified atom stereocenters. The maximum atomic E-state index is 11.2. The maximum Gasteiger partial charge on any atom is 0.271 e. The van der Waals surface area contributed by atoms with Crippen molar-refractivity contribution in [3.8, 4) is 5.82 Å². The van der Waals surface area contributed by atoms with E-state index in [1.54, 1.807) is 36.1 Å². The molecule has 0 saturated carbocycles. The van der Waals surface area contributed by atoms with Crippen LogP contribution < -0.4 is 5.32 Å². The summed E-state index contributed by atoms with van der Waals surface area (Å²) in [4.78, 5) is 15.3. The van der Waals surface area contributed by atoms with Crippen molar-refractivity contribution in [2.45, 2.75) is 6.92 Å². The zero-order valence-corrected chi connectivity index (χ0v) is 9.01. The number of hydrogen-bond acceptors (Lipinski definition) is 4. The number of rotatable bonds is 2. The number of carbonyl (C=O) groups is 1. The van der Waals surface area contributed by atoms with E-state index in [4.69, 9.17) is 0 Å². The quantitative estimate of drug-likeness (QED) is 0.786. The van der Waals surface area contributed by atoms with Crippen molar-refractivity contribution in [1.82, 2.24) is 25.1 Å². The lowest BCUT2D eigenvalue weighted by atomic mass is 10.3. The van der Waals surface area contributed by atoms with E-state index in [0.717, 1.165) is 5.82 Å². The molecule has 6 nitrogen and oxygen atoms in total. The fourth-order valence-electron chi connectivity index (χ4n) is 1.32. The lowest BCUT2D eigenvalue weighted by molar-refractivity contribution is 0.0957. The van der Waals surface area contributed by atoms with Crippen molar-refractivity contribution >= 4 is 5.91 Å². The molecule has 0 spiro atoms. The minimum atomic E-state index is -0.249. The molecule has 1 amide bonds. The predicted octanol–water partition coefficient (Wildman–Crippen LogP) is 0.330. The summed E-state index contributed by atoms with van der Waals surface area (Å²) in [6.45, 7) is 1.87. The van der Waals surface area contributed by atoms with Gasteiger partial charge in [0, 0.05) is 19.4 Å². The second-order valence-corrected chi connectivity index (χ2v) is 3.20. The van der Waals surface area contributed by atoms with Crippen molar-refractivity contribution < 1.29 is 4.79 Å². The largest absolute Gasteiger partial charge is 0.354 e. The van der Waals surface area contributed by atoms with Crippen LogP contribution in [0, 0.1) is 6.92 Å². The summed E-state index contributed by atoms with van der Waals surface area (Å²) in [5, 5.41) is 10.3. The highest BCUT2D eigenvalue weighted by Crippen LogP contribution is 2.06. The fraction of sp³-hybridized carbons (Fsp3) is 0.200. The molecule has 1 N–H and O–H groups in total. The molecule has 2 heterocycles. The summed E-state index contributed by atoms with van der Waals surface area (Å²) in [7, 11) is 1.55. The van der Waals surface area contributed by atoms with E-state index in [0.29, 0.717) is 11.5 Å². The topological polar surface area (TPSA) is 72.7 Å². The number of hydrogen-bond donors (Lipinski definition) is 1. The third-order valence-corrected chi connectivity index (χ3v) is 2.18. The number of aromatic nitrogens is 4. The monoisotopic (exact) mass is 217 g/mol. The molecule has 0 radical (unpaired) electrons. The lowest BCUT2D eigenvalue weighted by Gasteiger charge is -2.03. The Morgan fingerprint density at radius 1 is 1.38 bits per heavy atom. The van der Waals surface area contributed by atoms with Crippen molar-refractivity contribution in [3.63, 3.8) is 0 Å². The molecule has 2 aromatic heterocycles. The Morgan fingerprint density at radius 2 is 2.19 bits per heavy atom. The number of carbonyl (C=O) groups excluding carboxylic acids is 1. The summed E-state index contributed by atoms with van der Waals surface area (Å²) < 4.78 is 1.79. The Kier molecular flexibility index (Phi) is 2.63. The normalized spacial score (nSPS) is 10.1. The predicted molar refractivity (Wildman–Crippen MR) is 57.3 cm³/mol. The first-order valence-corrected chi connectivity index (χ1v) is 4.78. The van der Waals surface area contributed by atoms with Gasteiger partial charge in [-0.05, 0) is 19.1 Å². The zero-order valence-electron chi connectivity index (χ0n) is 9.01. The van der Waals surface area contributed by atoms with E-state index in [1.807, 2.05) is 6.92 Å². The van der Waals surface area contributed by atoms with Crippen LogP contribution in [0.4, 0.5) is 0 Å². The lowest BCUT2D eigenvalue weighted by Crippen LogP contribution is -2.19. The van der Waals surface area contributed by atoms with Crippen molar-refractivity contribution in [2.24, 2.45) is 0 Å². The zero-order chi connectivity index (χ0) is 11.5. The first-order valence-electron chi connectivity index (χ1n) is 4.78. The maximum absolute atomic E-state index is 11.2. The Labute approximate surface area is 92.3 Å². The van der Waals surface area contributed by atoms with Crippen LogP contribution in [-0.4, -0.2) is 32.7 Å². The van der Waals surface area contributed by atoms with Gasteiger partial charge in [-0.3, -0.25) is 9.36 Å². The average Bonchev–Trinajstić information content (AvgIpc) is 2.75. The summed E-state index contributed by atoms with van der Waals surface area (Å²) in [5.41, 5.74) is 0.295. The van der Waals surface area contributed by atoms with E-state index in [9.17, 15) is 4.79 Å². The minimum absolute atomic E-state index is 0.249. The molecule has 2 rings (SSSR count). The molecule has 6 heteroatoms. The van der Waals surface area contributed by atoms with Crippen molar-refractivity contribution in [3.05, 3.63) is 36.0 Å². The van der Waals surface area contributed by atoms with Gasteiger partial charge in [0.25, 0.3) is 5.91 Å². The van der Waals surface area contributed by atoms with Gasteiger partial charge in [-0.15, -0.1) is 10.2 Å². The highest BCUT2D eigenvalue weighted by Gasteiger charge is 2.07. The van der Waals surface area contributed by atoms with Crippen LogP contribution in [0.15, 0.2) is 24.5 Å². The molecule has 0 saturated heterocycles. The number of amides is 1. The Bertz CT molecular complexity index is 502. The third kappa shape index (κ3) is 1.77. The summed E-state index contributed by atoms with van der Waals surface area (Å²) in [6.07, 6.45) is 3.47. The standard InChI is InChI=1S/C10H11N5O/c1-7-12-5-6-15(7)9-4-3-8(13-14-9)10(16)11-2/h3-6H,1-2H3,(H,11,16). The Morgan fingerprint density at radius 3 is 2.69 bits per heavy atom. The van der Waals surface area contributed by atoms with Gasteiger partial charge in [-0.2, -0.15) is 0 Å². The Hall–Kier alpha value is -2.24. The smallest absolute Gasteiger partial charge is 0.271 e. The highest BCUT2D eigenvalue weighted by atomic mass is 16.1. The number of nitrogens with one attached hydrogen (secondary N) is 1. The first-order chi connectivity index (χ1) is 7.72. The van der Waals surface area contributed by atoms with Gasteiger partial charge in [0.2, 0.25) is 0 Å². The number of nitrogens with zero attached hydrogens (tertiary/aromatic N) is 4. The van der Waals surface area contributed by atoms with Crippen molar-refractivity contribution in [1.29, 1.82) is 0 Å². The number of imidazole rings is 1. The van der Waals surface area contributed by atoms with Crippen LogP contribution in [0.5, 0.6) is 0 Å². The van der Waals surface area contributed by atoms with Gasteiger partial charge in [-0.1, -0.05) is 0 Å². The van der Waals surface area contributed by atoms with Gasteiger partial charge in [0.05, 0.1) is 0 Å². The molecule has 0 aliphatic rings.